The zero-order valence-electron chi connectivity index (χ0n) is 19.3. The normalized spacial score (nSPS) is 11.9. The molecule has 6 nitrogen and oxygen atoms in total. The van der Waals surface area contributed by atoms with Crippen molar-refractivity contribution in [2.45, 2.75) is 19.4 Å². The van der Waals surface area contributed by atoms with Gasteiger partial charge in [0.05, 0.1) is 12.2 Å². The van der Waals surface area contributed by atoms with Crippen molar-refractivity contribution in [1.29, 1.82) is 0 Å². The van der Waals surface area contributed by atoms with Crippen LogP contribution < -0.4 is 10.6 Å². The molecule has 2 aromatic carbocycles. The molecule has 1 atom stereocenters. The highest BCUT2D eigenvalue weighted by atomic mass is 32.1. The number of anilines is 1. The van der Waals surface area contributed by atoms with Crippen molar-refractivity contribution < 1.29 is 14.3 Å². The fraction of sp³-hybridized carbons (Fsp3) is 0.308. The highest BCUT2D eigenvalue weighted by Crippen LogP contribution is 2.36. The van der Waals surface area contributed by atoms with Gasteiger partial charge < -0.3 is 20.3 Å². The summed E-state index contributed by atoms with van der Waals surface area (Å²) in [5, 5.41) is 6.86. The molecule has 0 radical (unpaired) electrons. The van der Waals surface area contributed by atoms with E-state index in [1.807, 2.05) is 74.8 Å². The van der Waals surface area contributed by atoms with E-state index in [1.165, 1.54) is 11.3 Å². The SMILES string of the molecule is CCOC(=O)c1cc(-c2ccccc2)sc1NC(=O)C(NCCCN(C)C)c1ccccc1. The van der Waals surface area contributed by atoms with Crippen molar-refractivity contribution >= 4 is 28.2 Å². The summed E-state index contributed by atoms with van der Waals surface area (Å²) in [7, 11) is 4.05. The van der Waals surface area contributed by atoms with Gasteiger partial charge in [-0.2, -0.15) is 0 Å². The molecular formula is C26H31N3O3S. The van der Waals surface area contributed by atoms with E-state index in [0.717, 1.165) is 29.0 Å². The molecule has 0 aliphatic rings. The maximum atomic E-state index is 13.4. The minimum absolute atomic E-state index is 0.210. The lowest BCUT2D eigenvalue weighted by molar-refractivity contribution is -0.118. The minimum Gasteiger partial charge on any atom is -0.462 e. The number of nitrogens with zero attached hydrogens (tertiary/aromatic N) is 1. The summed E-state index contributed by atoms with van der Waals surface area (Å²) in [5.41, 5.74) is 2.22. The number of carbonyl (C=O) groups excluding carboxylic acids is 2. The summed E-state index contributed by atoms with van der Waals surface area (Å²) in [6.07, 6.45) is 0.912. The van der Waals surface area contributed by atoms with Gasteiger partial charge in [-0.1, -0.05) is 60.7 Å². The molecule has 0 fully saturated rings. The van der Waals surface area contributed by atoms with Gasteiger partial charge in [-0.05, 0) is 57.7 Å². The Hall–Kier alpha value is -3.00. The molecule has 3 rings (SSSR count). The lowest BCUT2D eigenvalue weighted by atomic mass is 10.1. The topological polar surface area (TPSA) is 70.7 Å². The van der Waals surface area contributed by atoms with E-state index in [9.17, 15) is 9.59 Å². The van der Waals surface area contributed by atoms with E-state index >= 15 is 0 Å². The molecule has 0 saturated heterocycles. The third kappa shape index (κ3) is 6.99. The zero-order valence-corrected chi connectivity index (χ0v) is 20.2. The summed E-state index contributed by atoms with van der Waals surface area (Å²) < 4.78 is 5.24. The van der Waals surface area contributed by atoms with E-state index in [2.05, 4.69) is 15.5 Å². The van der Waals surface area contributed by atoms with Gasteiger partial charge >= 0.3 is 5.97 Å². The van der Waals surface area contributed by atoms with Gasteiger partial charge in [0.25, 0.3) is 0 Å². The monoisotopic (exact) mass is 465 g/mol. The van der Waals surface area contributed by atoms with Crippen molar-refractivity contribution in [1.82, 2.24) is 10.2 Å². The quantitative estimate of drug-likeness (QED) is 0.314. The Morgan fingerprint density at radius 1 is 1.03 bits per heavy atom. The summed E-state index contributed by atoms with van der Waals surface area (Å²) in [6.45, 7) is 3.65. The minimum atomic E-state index is -0.536. The Morgan fingerprint density at radius 2 is 1.70 bits per heavy atom. The average molecular weight is 466 g/mol. The highest BCUT2D eigenvalue weighted by molar-refractivity contribution is 7.20. The van der Waals surface area contributed by atoms with Crippen molar-refractivity contribution in [3.63, 3.8) is 0 Å². The van der Waals surface area contributed by atoms with Crippen LogP contribution in [0.1, 0.15) is 35.3 Å². The molecule has 0 aliphatic carbocycles. The molecule has 7 heteroatoms. The molecule has 0 spiro atoms. The third-order valence-electron chi connectivity index (χ3n) is 5.05. The lowest BCUT2D eigenvalue weighted by Crippen LogP contribution is -2.34. The van der Waals surface area contributed by atoms with Crippen molar-refractivity contribution in [3.05, 3.63) is 77.9 Å². The highest BCUT2D eigenvalue weighted by Gasteiger charge is 2.24. The fourth-order valence-electron chi connectivity index (χ4n) is 3.42. The third-order valence-corrected chi connectivity index (χ3v) is 6.15. The Kier molecular flexibility index (Phi) is 9.18. The van der Waals surface area contributed by atoms with Crippen LogP contribution in [0.3, 0.4) is 0 Å². The molecule has 33 heavy (non-hydrogen) atoms. The largest absolute Gasteiger partial charge is 0.462 e. The van der Waals surface area contributed by atoms with Crippen molar-refractivity contribution in [3.8, 4) is 10.4 Å². The van der Waals surface area contributed by atoms with Crippen LogP contribution in [-0.4, -0.2) is 50.6 Å². The second-order valence-corrected chi connectivity index (χ2v) is 8.94. The second kappa shape index (κ2) is 12.3. The van der Waals surface area contributed by atoms with E-state index in [4.69, 9.17) is 4.74 Å². The molecule has 2 N–H and O–H groups in total. The number of carbonyl (C=O) groups is 2. The van der Waals surface area contributed by atoms with Crippen LogP contribution in [0.15, 0.2) is 66.7 Å². The number of esters is 1. The van der Waals surface area contributed by atoms with E-state index in [-0.39, 0.29) is 12.5 Å². The number of thiophene rings is 1. The standard InChI is InChI=1S/C26H31N3O3S/c1-4-32-26(31)21-18-22(19-12-7-5-8-13-19)33-25(21)28-24(30)23(20-14-9-6-10-15-20)27-16-11-17-29(2)3/h5-10,12-15,18,23,27H,4,11,16-17H2,1-3H3,(H,28,30). The predicted octanol–water partition coefficient (Wildman–Crippen LogP) is 4.81. The number of hydrogen-bond acceptors (Lipinski definition) is 6. The Labute approximate surface area is 199 Å². The molecule has 1 unspecified atom stereocenters. The molecule has 0 saturated carbocycles. The molecular weight excluding hydrogens is 434 g/mol. The zero-order chi connectivity index (χ0) is 23.6. The number of ether oxygens (including phenoxy) is 1. The van der Waals surface area contributed by atoms with Crippen molar-refractivity contribution in [2.75, 3.05) is 39.1 Å². The Balaban J connectivity index is 1.85. The van der Waals surface area contributed by atoms with Gasteiger partial charge in [0.15, 0.2) is 0 Å². The molecule has 174 valence electrons. The summed E-state index contributed by atoms with van der Waals surface area (Å²) in [6, 6.07) is 20.7. The summed E-state index contributed by atoms with van der Waals surface area (Å²) in [4.78, 5) is 29.0. The first-order valence-electron chi connectivity index (χ1n) is 11.1. The van der Waals surface area contributed by atoms with Gasteiger partial charge in [0, 0.05) is 4.88 Å². The van der Waals surface area contributed by atoms with E-state index in [1.54, 1.807) is 13.0 Å². The van der Waals surface area contributed by atoms with E-state index in [0.29, 0.717) is 17.1 Å². The van der Waals surface area contributed by atoms with E-state index < -0.39 is 12.0 Å². The van der Waals surface area contributed by atoms with Gasteiger partial charge in [-0.15, -0.1) is 11.3 Å². The van der Waals surface area contributed by atoms with Gasteiger partial charge in [0.2, 0.25) is 5.91 Å². The van der Waals surface area contributed by atoms with Crippen LogP contribution in [0.25, 0.3) is 10.4 Å². The maximum Gasteiger partial charge on any atom is 0.341 e. The first-order valence-corrected chi connectivity index (χ1v) is 11.9. The number of amides is 1. The Morgan fingerprint density at radius 3 is 2.33 bits per heavy atom. The maximum absolute atomic E-state index is 13.4. The van der Waals surface area contributed by atoms with Crippen molar-refractivity contribution in [2.24, 2.45) is 0 Å². The number of rotatable bonds is 11. The van der Waals surface area contributed by atoms with Crippen LogP contribution in [0, 0.1) is 0 Å². The second-order valence-electron chi connectivity index (χ2n) is 7.88. The molecule has 1 amide bonds. The molecule has 3 aromatic rings. The molecule has 0 aliphatic heterocycles. The van der Waals surface area contributed by atoms with Gasteiger partial charge in [-0.3, -0.25) is 4.79 Å². The predicted molar refractivity (Wildman–Crippen MR) is 135 cm³/mol. The number of benzene rings is 2. The summed E-state index contributed by atoms with van der Waals surface area (Å²) in [5.74, 6) is -0.653. The Bertz CT molecular complexity index is 1040. The smallest absolute Gasteiger partial charge is 0.341 e. The fourth-order valence-corrected chi connectivity index (χ4v) is 4.48. The summed E-state index contributed by atoms with van der Waals surface area (Å²) >= 11 is 1.37. The van der Waals surface area contributed by atoms with Crippen LogP contribution in [0.5, 0.6) is 0 Å². The van der Waals surface area contributed by atoms with Crippen LogP contribution >= 0.6 is 11.3 Å². The van der Waals surface area contributed by atoms with Crippen LogP contribution in [-0.2, 0) is 9.53 Å². The number of hydrogen-bond donors (Lipinski definition) is 2. The average Bonchev–Trinajstić information content (AvgIpc) is 3.24. The molecule has 1 heterocycles. The van der Waals surface area contributed by atoms with Crippen LogP contribution in [0.4, 0.5) is 5.00 Å². The first kappa shape index (κ1) is 24.6. The van der Waals surface area contributed by atoms with Crippen LogP contribution in [0.2, 0.25) is 0 Å². The molecule has 1 aromatic heterocycles. The van der Waals surface area contributed by atoms with Gasteiger partial charge in [0.1, 0.15) is 11.0 Å². The molecule has 0 bridgehead atoms. The number of nitrogens with one attached hydrogen (secondary N) is 2. The first-order chi connectivity index (χ1) is 16.0. The van der Waals surface area contributed by atoms with Gasteiger partial charge in [-0.25, -0.2) is 4.79 Å². The lowest BCUT2D eigenvalue weighted by Gasteiger charge is -2.19.